The number of nitrogens with one attached hydrogen (secondary N) is 1. The van der Waals surface area contributed by atoms with E-state index in [0.717, 1.165) is 17.3 Å². The third-order valence-electron chi connectivity index (χ3n) is 3.55. The molecule has 1 aliphatic carbocycles. The molecule has 2 rings (SSSR count). The van der Waals surface area contributed by atoms with E-state index >= 15 is 0 Å². The first-order valence-corrected chi connectivity index (χ1v) is 7.09. The van der Waals surface area contributed by atoms with Crippen LogP contribution in [0.1, 0.15) is 47.8 Å². The maximum Gasteiger partial charge on any atom is 0.336 e. The molecule has 1 saturated carbocycles. The normalized spacial score (nSPS) is 24.8. The van der Waals surface area contributed by atoms with Gasteiger partial charge in [-0.05, 0) is 24.8 Å². The van der Waals surface area contributed by atoms with Gasteiger partial charge in [0.25, 0.3) is 0 Å². The summed E-state index contributed by atoms with van der Waals surface area (Å²) in [7, 11) is 0. The molecular formula is C13H19NO2S. The fraction of sp³-hybridized carbons (Fsp3) is 0.615. The van der Waals surface area contributed by atoms with E-state index in [1.165, 1.54) is 37.0 Å². The average molecular weight is 253 g/mol. The van der Waals surface area contributed by atoms with E-state index in [1.54, 1.807) is 11.4 Å². The molecule has 1 fully saturated rings. The molecule has 2 N–H and O–H groups in total. The molecule has 3 nitrogen and oxygen atoms in total. The standard InChI is InChI=1S/C13H19NO2S/c1-9-4-2-3-5-12(9)14-7-11-6-10(8-17-11)13(15)16/h6,8-9,12,14H,2-5,7H2,1H3,(H,15,16). The SMILES string of the molecule is CC1CCCCC1NCc1cc(C(=O)O)cs1. The minimum absolute atomic E-state index is 0.406. The first kappa shape index (κ1) is 12.6. The lowest BCUT2D eigenvalue weighted by Gasteiger charge is -2.29. The molecule has 0 aliphatic heterocycles. The zero-order valence-electron chi connectivity index (χ0n) is 10.1. The molecular weight excluding hydrogens is 234 g/mol. The van der Waals surface area contributed by atoms with Gasteiger partial charge in [0, 0.05) is 22.8 Å². The Morgan fingerprint density at radius 3 is 2.94 bits per heavy atom. The van der Waals surface area contributed by atoms with Crippen LogP contribution < -0.4 is 5.32 Å². The molecule has 0 amide bonds. The number of hydrogen-bond donors (Lipinski definition) is 2. The predicted octanol–water partition coefficient (Wildman–Crippen LogP) is 3.11. The monoisotopic (exact) mass is 253 g/mol. The second kappa shape index (κ2) is 5.65. The summed E-state index contributed by atoms with van der Waals surface area (Å²) in [4.78, 5) is 11.9. The molecule has 17 heavy (non-hydrogen) atoms. The Bertz CT molecular complexity index is 389. The second-order valence-corrected chi connectivity index (χ2v) is 5.85. The van der Waals surface area contributed by atoms with Crippen molar-refractivity contribution in [1.82, 2.24) is 5.32 Å². The highest BCUT2D eigenvalue weighted by Gasteiger charge is 2.20. The lowest BCUT2D eigenvalue weighted by molar-refractivity contribution is 0.0697. The molecule has 0 radical (unpaired) electrons. The van der Waals surface area contributed by atoms with Gasteiger partial charge >= 0.3 is 5.97 Å². The van der Waals surface area contributed by atoms with Crippen LogP contribution in [-0.4, -0.2) is 17.1 Å². The van der Waals surface area contributed by atoms with E-state index in [9.17, 15) is 4.79 Å². The van der Waals surface area contributed by atoms with Gasteiger partial charge in [-0.25, -0.2) is 4.79 Å². The Kier molecular flexibility index (Phi) is 4.18. The highest BCUT2D eigenvalue weighted by molar-refractivity contribution is 7.10. The predicted molar refractivity (Wildman–Crippen MR) is 69.5 cm³/mol. The van der Waals surface area contributed by atoms with Crippen LogP contribution in [0.15, 0.2) is 11.4 Å². The van der Waals surface area contributed by atoms with Gasteiger partial charge in [-0.3, -0.25) is 0 Å². The van der Waals surface area contributed by atoms with Crippen LogP contribution in [0.5, 0.6) is 0 Å². The number of carboxylic acids is 1. The molecule has 0 aromatic carbocycles. The summed E-state index contributed by atoms with van der Waals surface area (Å²) < 4.78 is 0. The summed E-state index contributed by atoms with van der Waals surface area (Å²) in [6, 6.07) is 2.37. The first-order chi connectivity index (χ1) is 8.16. The summed E-state index contributed by atoms with van der Waals surface area (Å²) in [6.07, 6.45) is 5.22. The summed E-state index contributed by atoms with van der Waals surface area (Å²) in [5.74, 6) is -0.0961. The fourth-order valence-electron chi connectivity index (χ4n) is 2.44. The average Bonchev–Trinajstić information content (AvgIpc) is 2.77. The quantitative estimate of drug-likeness (QED) is 0.866. The largest absolute Gasteiger partial charge is 0.478 e. The van der Waals surface area contributed by atoms with Crippen LogP contribution in [0.3, 0.4) is 0 Å². The second-order valence-electron chi connectivity index (χ2n) is 4.86. The van der Waals surface area contributed by atoms with Crippen LogP contribution in [-0.2, 0) is 6.54 Å². The van der Waals surface area contributed by atoms with E-state index in [0.29, 0.717) is 11.6 Å². The van der Waals surface area contributed by atoms with Gasteiger partial charge in [0.05, 0.1) is 5.56 Å². The maximum atomic E-state index is 10.8. The third-order valence-corrected chi connectivity index (χ3v) is 4.49. The molecule has 1 aromatic rings. The van der Waals surface area contributed by atoms with Crippen molar-refractivity contribution < 1.29 is 9.90 Å². The molecule has 0 spiro atoms. The highest BCUT2D eigenvalue weighted by Crippen LogP contribution is 2.24. The summed E-state index contributed by atoms with van der Waals surface area (Å²) >= 11 is 1.52. The third kappa shape index (κ3) is 3.30. The van der Waals surface area contributed by atoms with Crippen molar-refractivity contribution in [2.24, 2.45) is 5.92 Å². The highest BCUT2D eigenvalue weighted by atomic mass is 32.1. The van der Waals surface area contributed by atoms with Gasteiger partial charge in [0.15, 0.2) is 0 Å². The van der Waals surface area contributed by atoms with Crippen molar-refractivity contribution in [1.29, 1.82) is 0 Å². The summed E-state index contributed by atoms with van der Waals surface area (Å²) in [6.45, 7) is 3.10. The summed E-state index contributed by atoms with van der Waals surface area (Å²) in [5.41, 5.74) is 0.406. The molecule has 2 unspecified atom stereocenters. The Morgan fingerprint density at radius 1 is 1.53 bits per heavy atom. The van der Waals surface area contributed by atoms with E-state index in [2.05, 4.69) is 12.2 Å². The number of carbonyl (C=O) groups is 1. The smallest absolute Gasteiger partial charge is 0.336 e. The fourth-order valence-corrected chi connectivity index (χ4v) is 3.25. The van der Waals surface area contributed by atoms with Crippen LogP contribution in [0.4, 0.5) is 0 Å². The van der Waals surface area contributed by atoms with Crippen molar-refractivity contribution in [2.75, 3.05) is 0 Å². The zero-order chi connectivity index (χ0) is 12.3. The van der Waals surface area contributed by atoms with Crippen LogP contribution in [0.25, 0.3) is 0 Å². The van der Waals surface area contributed by atoms with Gasteiger partial charge in [0.2, 0.25) is 0 Å². The summed E-state index contributed by atoms with van der Waals surface area (Å²) in [5, 5.41) is 14.1. The molecule has 0 bridgehead atoms. The topological polar surface area (TPSA) is 49.3 Å². The number of hydrogen-bond acceptors (Lipinski definition) is 3. The van der Waals surface area contributed by atoms with Gasteiger partial charge in [-0.15, -0.1) is 11.3 Å². The molecule has 1 heterocycles. The molecule has 1 aromatic heterocycles. The van der Waals surface area contributed by atoms with Gasteiger partial charge < -0.3 is 10.4 Å². The van der Waals surface area contributed by atoms with Crippen molar-refractivity contribution in [3.05, 3.63) is 21.9 Å². The number of rotatable bonds is 4. The molecule has 0 saturated heterocycles. The molecule has 2 atom stereocenters. The number of thiophene rings is 1. The minimum Gasteiger partial charge on any atom is -0.478 e. The molecule has 1 aliphatic rings. The Labute approximate surface area is 106 Å². The Balaban J connectivity index is 1.86. The molecule has 94 valence electrons. The van der Waals surface area contributed by atoms with E-state index in [4.69, 9.17) is 5.11 Å². The Morgan fingerprint density at radius 2 is 2.29 bits per heavy atom. The van der Waals surface area contributed by atoms with Crippen molar-refractivity contribution in [3.8, 4) is 0 Å². The van der Waals surface area contributed by atoms with E-state index < -0.39 is 5.97 Å². The van der Waals surface area contributed by atoms with Crippen LogP contribution in [0, 0.1) is 5.92 Å². The number of carboxylic acid groups (broad SMARTS) is 1. The minimum atomic E-state index is -0.835. The van der Waals surface area contributed by atoms with Crippen molar-refractivity contribution in [2.45, 2.75) is 45.2 Å². The lowest BCUT2D eigenvalue weighted by atomic mass is 9.86. The van der Waals surface area contributed by atoms with Gasteiger partial charge in [-0.2, -0.15) is 0 Å². The van der Waals surface area contributed by atoms with Crippen molar-refractivity contribution in [3.63, 3.8) is 0 Å². The van der Waals surface area contributed by atoms with Gasteiger partial charge in [0.1, 0.15) is 0 Å². The van der Waals surface area contributed by atoms with E-state index in [1.807, 2.05) is 0 Å². The van der Waals surface area contributed by atoms with Crippen molar-refractivity contribution >= 4 is 17.3 Å². The van der Waals surface area contributed by atoms with Crippen LogP contribution in [0.2, 0.25) is 0 Å². The van der Waals surface area contributed by atoms with Crippen LogP contribution >= 0.6 is 11.3 Å². The zero-order valence-corrected chi connectivity index (χ0v) is 10.9. The lowest BCUT2D eigenvalue weighted by Crippen LogP contribution is -2.36. The van der Waals surface area contributed by atoms with Gasteiger partial charge in [-0.1, -0.05) is 19.8 Å². The maximum absolute atomic E-state index is 10.8. The number of aromatic carboxylic acids is 1. The Hall–Kier alpha value is -0.870. The van der Waals surface area contributed by atoms with E-state index in [-0.39, 0.29) is 0 Å². The molecule has 4 heteroatoms. The first-order valence-electron chi connectivity index (χ1n) is 6.21.